The minimum atomic E-state index is -4.45. The molecule has 0 radical (unpaired) electrons. The number of alkyl halides is 3. The van der Waals surface area contributed by atoms with Crippen molar-refractivity contribution in [1.29, 1.82) is 0 Å². The quantitative estimate of drug-likeness (QED) is 0.847. The van der Waals surface area contributed by atoms with E-state index in [9.17, 15) is 26.4 Å². The number of hydrogen-bond donors (Lipinski definition) is 2. The number of halogens is 3. The van der Waals surface area contributed by atoms with E-state index >= 15 is 0 Å². The van der Waals surface area contributed by atoms with Crippen LogP contribution in [-0.2, 0) is 22.7 Å². The molecule has 0 aliphatic rings. The van der Waals surface area contributed by atoms with Gasteiger partial charge in [-0.3, -0.25) is 4.79 Å². The Labute approximate surface area is 142 Å². The van der Waals surface area contributed by atoms with Gasteiger partial charge in [0.15, 0.2) is 0 Å². The highest BCUT2D eigenvalue weighted by molar-refractivity contribution is 7.89. The first-order valence-electron chi connectivity index (χ1n) is 7.11. The molecule has 0 aliphatic heterocycles. The fourth-order valence-electron chi connectivity index (χ4n) is 2.05. The molecular formula is C16H15F3N2O3S. The Hall–Kier alpha value is -2.39. The largest absolute Gasteiger partial charge is 0.416 e. The summed E-state index contributed by atoms with van der Waals surface area (Å²) in [5.41, 5.74) is -0.291. The second-order valence-corrected chi connectivity index (χ2v) is 7.00. The lowest BCUT2D eigenvalue weighted by Crippen LogP contribution is -2.23. The molecule has 0 saturated heterocycles. The normalized spacial score (nSPS) is 12.0. The highest BCUT2D eigenvalue weighted by Gasteiger charge is 2.30. The highest BCUT2D eigenvalue weighted by Crippen LogP contribution is 2.29. The van der Waals surface area contributed by atoms with Crippen LogP contribution in [0, 0.1) is 0 Å². The molecule has 5 nitrogen and oxygen atoms in total. The molecule has 25 heavy (non-hydrogen) atoms. The predicted octanol–water partition coefficient (Wildman–Crippen LogP) is 2.54. The summed E-state index contributed by atoms with van der Waals surface area (Å²) in [4.78, 5) is 12.0. The van der Waals surface area contributed by atoms with E-state index in [0.717, 1.165) is 12.1 Å². The topological polar surface area (TPSA) is 75.3 Å². The van der Waals surface area contributed by atoms with Crippen molar-refractivity contribution in [3.63, 3.8) is 0 Å². The summed E-state index contributed by atoms with van der Waals surface area (Å²) in [7, 11) is -2.33. The van der Waals surface area contributed by atoms with Gasteiger partial charge in [-0.2, -0.15) is 13.2 Å². The van der Waals surface area contributed by atoms with Crippen molar-refractivity contribution in [3.05, 3.63) is 65.2 Å². The number of carbonyl (C=O) groups is 1. The predicted molar refractivity (Wildman–Crippen MR) is 85.3 cm³/mol. The third kappa shape index (κ3) is 4.80. The molecule has 0 aromatic heterocycles. The Morgan fingerprint density at radius 2 is 1.72 bits per heavy atom. The van der Waals surface area contributed by atoms with E-state index in [0.29, 0.717) is 5.56 Å². The molecule has 1 amide bonds. The van der Waals surface area contributed by atoms with E-state index in [2.05, 4.69) is 10.0 Å². The minimum Gasteiger partial charge on any atom is -0.348 e. The van der Waals surface area contributed by atoms with E-state index in [1.165, 1.54) is 43.4 Å². The smallest absolute Gasteiger partial charge is 0.348 e. The Morgan fingerprint density at radius 1 is 1.08 bits per heavy atom. The molecule has 134 valence electrons. The summed E-state index contributed by atoms with van der Waals surface area (Å²) in [6, 6.07) is 9.84. The fourth-order valence-corrected chi connectivity index (χ4v) is 2.78. The molecular weight excluding hydrogens is 357 g/mol. The van der Waals surface area contributed by atoms with Crippen LogP contribution in [0.1, 0.15) is 21.5 Å². The molecule has 0 spiro atoms. The maximum absolute atomic E-state index is 12.7. The third-order valence-electron chi connectivity index (χ3n) is 3.40. The van der Waals surface area contributed by atoms with E-state index < -0.39 is 27.7 Å². The van der Waals surface area contributed by atoms with Gasteiger partial charge < -0.3 is 5.32 Å². The van der Waals surface area contributed by atoms with Crippen LogP contribution in [0.4, 0.5) is 13.2 Å². The third-order valence-corrected chi connectivity index (χ3v) is 4.83. The minimum absolute atomic E-state index is 0.00410. The maximum Gasteiger partial charge on any atom is 0.416 e. The molecule has 0 atom stereocenters. The van der Waals surface area contributed by atoms with Crippen LogP contribution in [0.2, 0.25) is 0 Å². The summed E-state index contributed by atoms with van der Waals surface area (Å²) >= 11 is 0. The number of amides is 1. The SMILES string of the molecule is CNS(=O)(=O)c1ccc(C(=O)NCc2cccc(C(F)(F)F)c2)cc1. The summed E-state index contributed by atoms with van der Waals surface area (Å²) in [6.45, 7) is -0.0840. The molecule has 0 bridgehead atoms. The van der Waals surface area contributed by atoms with E-state index in [4.69, 9.17) is 0 Å². The standard InChI is InChI=1S/C16H15F3N2O3S/c1-20-25(23,24)14-7-5-12(6-8-14)15(22)21-10-11-3-2-4-13(9-11)16(17,18)19/h2-9,20H,10H2,1H3,(H,21,22). The van der Waals surface area contributed by atoms with Crippen molar-refractivity contribution < 1.29 is 26.4 Å². The summed E-state index contributed by atoms with van der Waals surface area (Å²) < 4.78 is 63.3. The molecule has 2 aromatic carbocycles. The number of sulfonamides is 1. The average Bonchev–Trinajstić information content (AvgIpc) is 2.59. The maximum atomic E-state index is 12.7. The molecule has 2 N–H and O–H groups in total. The second kappa shape index (κ2) is 7.24. The fraction of sp³-hybridized carbons (Fsp3) is 0.188. The number of hydrogen-bond acceptors (Lipinski definition) is 3. The van der Waals surface area contributed by atoms with Crippen molar-refractivity contribution in [2.45, 2.75) is 17.6 Å². The first-order chi connectivity index (χ1) is 11.6. The number of carbonyl (C=O) groups excluding carboxylic acids is 1. The van der Waals surface area contributed by atoms with E-state index in [1.54, 1.807) is 0 Å². The van der Waals surface area contributed by atoms with Crippen LogP contribution in [0.25, 0.3) is 0 Å². The molecule has 2 aromatic rings. The van der Waals surface area contributed by atoms with Gasteiger partial charge in [0.1, 0.15) is 0 Å². The van der Waals surface area contributed by atoms with Gasteiger partial charge in [0, 0.05) is 12.1 Å². The molecule has 0 saturated carbocycles. The van der Waals surface area contributed by atoms with Gasteiger partial charge in [-0.25, -0.2) is 13.1 Å². The molecule has 0 heterocycles. The van der Waals surface area contributed by atoms with Crippen LogP contribution in [0.15, 0.2) is 53.4 Å². The first kappa shape index (κ1) is 18.9. The van der Waals surface area contributed by atoms with Gasteiger partial charge in [-0.15, -0.1) is 0 Å². The lowest BCUT2D eigenvalue weighted by molar-refractivity contribution is -0.137. The number of benzene rings is 2. The second-order valence-electron chi connectivity index (χ2n) is 5.11. The van der Waals surface area contributed by atoms with Gasteiger partial charge in [-0.1, -0.05) is 12.1 Å². The van der Waals surface area contributed by atoms with Crippen molar-refractivity contribution in [3.8, 4) is 0 Å². The van der Waals surface area contributed by atoms with Gasteiger partial charge in [0.05, 0.1) is 10.5 Å². The Bertz CT molecular complexity index is 863. The van der Waals surface area contributed by atoms with E-state index in [-0.39, 0.29) is 17.0 Å². The zero-order valence-corrected chi connectivity index (χ0v) is 13.9. The molecule has 0 aliphatic carbocycles. The molecule has 2 rings (SSSR count). The molecule has 9 heteroatoms. The number of nitrogens with one attached hydrogen (secondary N) is 2. The monoisotopic (exact) mass is 372 g/mol. The molecule has 0 unspecified atom stereocenters. The Morgan fingerprint density at radius 3 is 2.28 bits per heavy atom. The summed E-state index contributed by atoms with van der Waals surface area (Å²) in [5.74, 6) is -0.522. The van der Waals surface area contributed by atoms with Gasteiger partial charge >= 0.3 is 6.18 Å². The highest BCUT2D eigenvalue weighted by atomic mass is 32.2. The van der Waals surface area contributed by atoms with Crippen LogP contribution in [0.3, 0.4) is 0 Å². The average molecular weight is 372 g/mol. The van der Waals surface area contributed by atoms with Crippen molar-refractivity contribution >= 4 is 15.9 Å². The van der Waals surface area contributed by atoms with Crippen LogP contribution in [0.5, 0.6) is 0 Å². The first-order valence-corrected chi connectivity index (χ1v) is 8.60. The summed E-state index contributed by atoms with van der Waals surface area (Å²) in [5, 5.41) is 2.49. The Balaban J connectivity index is 2.06. The zero-order valence-electron chi connectivity index (χ0n) is 13.1. The Kier molecular flexibility index (Phi) is 5.48. The van der Waals surface area contributed by atoms with Crippen LogP contribution in [-0.4, -0.2) is 21.4 Å². The molecule has 0 fully saturated rings. The lowest BCUT2D eigenvalue weighted by Gasteiger charge is -2.10. The van der Waals surface area contributed by atoms with Crippen LogP contribution < -0.4 is 10.0 Å². The number of rotatable bonds is 5. The van der Waals surface area contributed by atoms with Gasteiger partial charge in [-0.05, 0) is 49.0 Å². The summed E-state index contributed by atoms with van der Waals surface area (Å²) in [6.07, 6.45) is -4.45. The van der Waals surface area contributed by atoms with Crippen molar-refractivity contribution in [2.75, 3.05) is 7.05 Å². The van der Waals surface area contributed by atoms with Gasteiger partial charge in [0.2, 0.25) is 10.0 Å². The van der Waals surface area contributed by atoms with Crippen molar-refractivity contribution in [2.24, 2.45) is 0 Å². The van der Waals surface area contributed by atoms with Crippen LogP contribution >= 0.6 is 0 Å². The van der Waals surface area contributed by atoms with E-state index in [1.807, 2.05) is 0 Å². The zero-order chi connectivity index (χ0) is 18.7. The lowest BCUT2D eigenvalue weighted by atomic mass is 10.1. The van der Waals surface area contributed by atoms with Crippen molar-refractivity contribution in [1.82, 2.24) is 10.0 Å². The van der Waals surface area contributed by atoms with Gasteiger partial charge in [0.25, 0.3) is 5.91 Å².